The maximum absolute atomic E-state index is 11.5. The number of para-hydroxylation sites is 2. The van der Waals surface area contributed by atoms with E-state index < -0.39 is 5.60 Å². The van der Waals surface area contributed by atoms with Crippen LogP contribution in [-0.4, -0.2) is 35.3 Å². The third kappa shape index (κ3) is 1.50. The van der Waals surface area contributed by atoms with Crippen molar-refractivity contribution in [2.75, 3.05) is 18.1 Å². The molecule has 2 heterocycles. The summed E-state index contributed by atoms with van der Waals surface area (Å²) in [6, 6.07) is 7.54. The number of benzene rings is 1. The maximum Gasteiger partial charge on any atom is 0.316 e. The molecule has 0 saturated carbocycles. The second-order valence-corrected chi connectivity index (χ2v) is 5.96. The standard InChI is InChI=1S/C14H19N3O2/c1-13(2)14(3)8-16(12(15)18)9-17(14)10-6-4-5-7-11(10)19-13/h4-7H,8-9H2,1-3H3,(H2,15,18). The van der Waals surface area contributed by atoms with E-state index in [9.17, 15) is 4.79 Å². The Kier molecular flexibility index (Phi) is 2.27. The van der Waals surface area contributed by atoms with E-state index in [0.717, 1.165) is 11.4 Å². The number of nitrogens with two attached hydrogens (primary N) is 1. The lowest BCUT2D eigenvalue weighted by Gasteiger charge is -2.51. The van der Waals surface area contributed by atoms with Gasteiger partial charge in [0, 0.05) is 0 Å². The van der Waals surface area contributed by atoms with Gasteiger partial charge in [-0.15, -0.1) is 0 Å². The Hall–Kier alpha value is -1.91. The molecule has 1 saturated heterocycles. The van der Waals surface area contributed by atoms with Crippen molar-refractivity contribution in [1.29, 1.82) is 0 Å². The zero-order chi connectivity index (χ0) is 13.8. The molecular weight excluding hydrogens is 242 g/mol. The van der Waals surface area contributed by atoms with Crippen molar-refractivity contribution in [2.24, 2.45) is 5.73 Å². The summed E-state index contributed by atoms with van der Waals surface area (Å²) in [5.74, 6) is 0.858. The number of urea groups is 1. The number of amides is 2. The topological polar surface area (TPSA) is 58.8 Å². The second kappa shape index (κ2) is 3.56. The van der Waals surface area contributed by atoms with Gasteiger partial charge < -0.3 is 20.3 Å². The minimum atomic E-state index is -0.397. The van der Waals surface area contributed by atoms with Crippen LogP contribution in [0.2, 0.25) is 0 Å². The molecule has 1 unspecified atom stereocenters. The molecule has 5 nitrogen and oxygen atoms in total. The van der Waals surface area contributed by atoms with Gasteiger partial charge in [-0.2, -0.15) is 0 Å². The molecule has 0 aromatic heterocycles. The largest absolute Gasteiger partial charge is 0.483 e. The zero-order valence-electron chi connectivity index (χ0n) is 11.5. The normalized spacial score (nSPS) is 27.5. The molecular formula is C14H19N3O2. The predicted octanol–water partition coefficient (Wildman–Crippen LogP) is 1.77. The van der Waals surface area contributed by atoms with Gasteiger partial charge in [-0.25, -0.2) is 4.79 Å². The average Bonchev–Trinajstić information content (AvgIpc) is 2.69. The highest BCUT2D eigenvalue weighted by Crippen LogP contribution is 2.48. The molecule has 1 fully saturated rings. The van der Waals surface area contributed by atoms with Gasteiger partial charge in [0.1, 0.15) is 11.4 Å². The first-order valence-corrected chi connectivity index (χ1v) is 6.45. The number of primary amides is 1. The summed E-state index contributed by atoms with van der Waals surface area (Å²) in [6.45, 7) is 7.31. The summed E-state index contributed by atoms with van der Waals surface area (Å²) in [7, 11) is 0. The Morgan fingerprint density at radius 1 is 1.32 bits per heavy atom. The van der Waals surface area contributed by atoms with E-state index in [1.165, 1.54) is 0 Å². The molecule has 0 bridgehead atoms. The number of carbonyl (C=O) groups excluding carboxylic acids is 1. The molecule has 0 aliphatic carbocycles. The Bertz CT molecular complexity index is 543. The van der Waals surface area contributed by atoms with E-state index >= 15 is 0 Å². The highest BCUT2D eigenvalue weighted by atomic mass is 16.5. The molecule has 2 amide bonds. The Labute approximate surface area is 112 Å². The molecule has 0 spiro atoms. The van der Waals surface area contributed by atoms with E-state index in [0.29, 0.717) is 13.2 Å². The minimum absolute atomic E-state index is 0.281. The van der Waals surface area contributed by atoms with Crippen molar-refractivity contribution >= 4 is 11.7 Å². The quantitative estimate of drug-likeness (QED) is 0.774. The van der Waals surface area contributed by atoms with E-state index in [-0.39, 0.29) is 11.6 Å². The lowest BCUT2D eigenvalue weighted by atomic mass is 9.81. The zero-order valence-corrected chi connectivity index (χ0v) is 11.5. The summed E-state index contributed by atoms with van der Waals surface area (Å²) in [6.07, 6.45) is 0. The molecule has 3 rings (SSSR count). The van der Waals surface area contributed by atoms with Crippen LogP contribution in [0.15, 0.2) is 24.3 Å². The number of rotatable bonds is 0. The Morgan fingerprint density at radius 2 is 2.00 bits per heavy atom. The molecule has 2 aliphatic heterocycles. The Morgan fingerprint density at radius 3 is 2.68 bits per heavy atom. The van der Waals surface area contributed by atoms with Crippen LogP contribution in [-0.2, 0) is 0 Å². The molecule has 5 heteroatoms. The highest BCUT2D eigenvalue weighted by molar-refractivity contribution is 5.75. The van der Waals surface area contributed by atoms with Crippen molar-refractivity contribution < 1.29 is 9.53 Å². The molecule has 102 valence electrons. The van der Waals surface area contributed by atoms with Crippen molar-refractivity contribution in [1.82, 2.24) is 4.90 Å². The van der Waals surface area contributed by atoms with Crippen molar-refractivity contribution in [3.8, 4) is 5.75 Å². The second-order valence-electron chi connectivity index (χ2n) is 5.96. The van der Waals surface area contributed by atoms with Gasteiger partial charge in [-0.3, -0.25) is 0 Å². The molecule has 1 aromatic carbocycles. The number of hydrogen-bond donors (Lipinski definition) is 1. The van der Waals surface area contributed by atoms with Crippen molar-refractivity contribution in [2.45, 2.75) is 31.9 Å². The predicted molar refractivity (Wildman–Crippen MR) is 73.2 cm³/mol. The van der Waals surface area contributed by atoms with Crippen molar-refractivity contribution in [3.05, 3.63) is 24.3 Å². The van der Waals surface area contributed by atoms with Gasteiger partial charge in [-0.05, 0) is 32.9 Å². The van der Waals surface area contributed by atoms with Crippen LogP contribution in [0.5, 0.6) is 5.75 Å². The maximum atomic E-state index is 11.5. The van der Waals surface area contributed by atoms with Gasteiger partial charge in [0.25, 0.3) is 0 Å². The summed E-state index contributed by atoms with van der Waals surface area (Å²) < 4.78 is 6.14. The lowest BCUT2D eigenvalue weighted by molar-refractivity contribution is 0.0243. The smallest absolute Gasteiger partial charge is 0.316 e. The number of nitrogens with zero attached hydrogens (tertiary/aromatic N) is 2. The minimum Gasteiger partial charge on any atom is -0.483 e. The number of fused-ring (bicyclic) bond motifs is 3. The van der Waals surface area contributed by atoms with Crippen molar-refractivity contribution in [3.63, 3.8) is 0 Å². The number of hydrogen-bond acceptors (Lipinski definition) is 3. The molecule has 2 aliphatic rings. The first-order valence-electron chi connectivity index (χ1n) is 6.45. The summed E-state index contributed by atoms with van der Waals surface area (Å²) >= 11 is 0. The van der Waals surface area contributed by atoms with Crippen LogP contribution in [0.1, 0.15) is 20.8 Å². The average molecular weight is 261 g/mol. The van der Waals surface area contributed by atoms with Crippen LogP contribution < -0.4 is 15.4 Å². The van der Waals surface area contributed by atoms with Gasteiger partial charge in [0.2, 0.25) is 0 Å². The van der Waals surface area contributed by atoms with Crippen LogP contribution in [0.25, 0.3) is 0 Å². The monoisotopic (exact) mass is 261 g/mol. The first-order chi connectivity index (χ1) is 8.85. The van der Waals surface area contributed by atoms with Crippen LogP contribution in [0, 0.1) is 0 Å². The Balaban J connectivity index is 2.12. The molecule has 19 heavy (non-hydrogen) atoms. The number of anilines is 1. The summed E-state index contributed by atoms with van der Waals surface area (Å²) in [5, 5.41) is 0. The third-order valence-corrected chi connectivity index (χ3v) is 4.54. The van der Waals surface area contributed by atoms with Crippen LogP contribution in [0.4, 0.5) is 10.5 Å². The van der Waals surface area contributed by atoms with E-state index in [4.69, 9.17) is 10.5 Å². The van der Waals surface area contributed by atoms with Crippen LogP contribution in [0.3, 0.4) is 0 Å². The lowest BCUT2D eigenvalue weighted by Crippen LogP contribution is -2.64. The molecule has 1 atom stereocenters. The van der Waals surface area contributed by atoms with Gasteiger partial charge in [0.15, 0.2) is 0 Å². The molecule has 1 aromatic rings. The SMILES string of the molecule is CC1(C)Oc2ccccc2N2CN(C(N)=O)CC21C. The third-order valence-electron chi connectivity index (χ3n) is 4.54. The highest BCUT2D eigenvalue weighted by Gasteiger charge is 2.56. The van der Waals surface area contributed by atoms with Crippen LogP contribution >= 0.6 is 0 Å². The fourth-order valence-corrected chi connectivity index (χ4v) is 2.99. The van der Waals surface area contributed by atoms with Gasteiger partial charge >= 0.3 is 6.03 Å². The van der Waals surface area contributed by atoms with E-state index in [2.05, 4.69) is 25.7 Å². The number of carbonyl (C=O) groups is 1. The fraction of sp³-hybridized carbons (Fsp3) is 0.500. The van der Waals surface area contributed by atoms with Gasteiger partial charge in [0.05, 0.1) is 24.4 Å². The van der Waals surface area contributed by atoms with E-state index in [1.807, 2.05) is 24.3 Å². The van der Waals surface area contributed by atoms with E-state index in [1.54, 1.807) is 4.90 Å². The fourth-order valence-electron chi connectivity index (χ4n) is 2.99. The summed E-state index contributed by atoms with van der Waals surface area (Å²) in [4.78, 5) is 15.4. The number of ether oxygens (including phenoxy) is 1. The summed E-state index contributed by atoms with van der Waals surface area (Å²) in [5.41, 5.74) is 5.78. The van der Waals surface area contributed by atoms with Gasteiger partial charge in [-0.1, -0.05) is 12.1 Å². The molecule has 2 N–H and O–H groups in total. The first kappa shape index (κ1) is 12.1. The molecule has 0 radical (unpaired) electrons.